The smallest absolute Gasteiger partial charge is 0.270 e. The summed E-state index contributed by atoms with van der Waals surface area (Å²) in [5.41, 5.74) is 0.762. The highest BCUT2D eigenvalue weighted by Crippen LogP contribution is 2.20. The Morgan fingerprint density at radius 2 is 1.96 bits per heavy atom. The molecule has 0 spiro atoms. The van der Waals surface area contributed by atoms with E-state index in [4.69, 9.17) is 4.74 Å². The Morgan fingerprint density at radius 1 is 1.21 bits per heavy atom. The number of ether oxygens (including phenoxy) is 1. The highest BCUT2D eigenvalue weighted by Gasteiger charge is 2.25. The van der Waals surface area contributed by atoms with Gasteiger partial charge in [-0.25, -0.2) is 4.98 Å². The van der Waals surface area contributed by atoms with Gasteiger partial charge in [-0.1, -0.05) is 0 Å². The highest BCUT2D eigenvalue weighted by molar-refractivity contribution is 5.93. The minimum Gasteiger partial charge on any atom is -0.497 e. The first-order chi connectivity index (χ1) is 11.6. The molecule has 0 radical (unpaired) electrons. The second-order valence-electron chi connectivity index (χ2n) is 6.23. The minimum atomic E-state index is 0.104. The fourth-order valence-corrected chi connectivity index (χ4v) is 3.03. The van der Waals surface area contributed by atoms with E-state index in [9.17, 15) is 4.79 Å². The summed E-state index contributed by atoms with van der Waals surface area (Å²) in [5, 5.41) is 0. The number of rotatable bonds is 4. The average Bonchev–Trinajstić information content (AvgIpc) is 3.11. The van der Waals surface area contributed by atoms with Crippen molar-refractivity contribution in [3.63, 3.8) is 0 Å². The molecule has 6 nitrogen and oxygen atoms in total. The van der Waals surface area contributed by atoms with Crippen LogP contribution in [0.5, 0.6) is 5.75 Å². The zero-order chi connectivity index (χ0) is 17.1. The van der Waals surface area contributed by atoms with E-state index < -0.39 is 0 Å². The largest absolute Gasteiger partial charge is 0.497 e. The summed E-state index contributed by atoms with van der Waals surface area (Å²) in [6.07, 6.45) is 3.72. The number of nitrogens with zero attached hydrogens (tertiary/aromatic N) is 4. The van der Waals surface area contributed by atoms with E-state index in [1.54, 1.807) is 13.3 Å². The molecule has 0 atom stereocenters. The minimum absolute atomic E-state index is 0.104. The lowest BCUT2D eigenvalue weighted by Gasteiger charge is -2.35. The van der Waals surface area contributed by atoms with Crippen molar-refractivity contribution in [1.29, 1.82) is 0 Å². The van der Waals surface area contributed by atoms with Crippen LogP contribution in [0.15, 0.2) is 36.7 Å². The molecule has 1 fully saturated rings. The molecule has 1 amide bonds. The number of methoxy groups -OCH3 is 1. The zero-order valence-corrected chi connectivity index (χ0v) is 14.5. The van der Waals surface area contributed by atoms with Gasteiger partial charge in [0, 0.05) is 50.7 Å². The van der Waals surface area contributed by atoms with Gasteiger partial charge in [-0.05, 0) is 32.0 Å². The van der Waals surface area contributed by atoms with Crippen LogP contribution in [0, 0.1) is 0 Å². The average molecular weight is 328 g/mol. The Kier molecular flexibility index (Phi) is 4.74. The molecule has 0 aromatic carbocycles. The van der Waals surface area contributed by atoms with Gasteiger partial charge in [0.05, 0.1) is 7.11 Å². The molecule has 0 aliphatic carbocycles. The summed E-state index contributed by atoms with van der Waals surface area (Å²) in [6.45, 7) is 7.11. The molecule has 2 aromatic heterocycles. The number of carbonyl (C=O) groups excluding carboxylic acids is 1. The SMILES string of the molecule is COc1ccnc(N2CCN(C(=O)c3cccn3C(C)C)CC2)c1. The van der Waals surface area contributed by atoms with Gasteiger partial charge in [-0.2, -0.15) is 0 Å². The van der Waals surface area contributed by atoms with Crippen molar-refractivity contribution in [2.24, 2.45) is 0 Å². The molecule has 2 aromatic rings. The molecule has 3 rings (SSSR count). The van der Waals surface area contributed by atoms with Crippen LogP contribution in [-0.4, -0.2) is 53.6 Å². The molecule has 6 heteroatoms. The van der Waals surface area contributed by atoms with E-state index >= 15 is 0 Å². The third-order valence-electron chi connectivity index (χ3n) is 4.40. The van der Waals surface area contributed by atoms with E-state index in [0.29, 0.717) is 13.1 Å². The molecule has 0 N–H and O–H groups in total. The van der Waals surface area contributed by atoms with E-state index in [-0.39, 0.29) is 11.9 Å². The topological polar surface area (TPSA) is 50.6 Å². The lowest BCUT2D eigenvalue weighted by molar-refractivity contribution is 0.0734. The van der Waals surface area contributed by atoms with E-state index in [2.05, 4.69) is 23.7 Å². The normalized spacial score (nSPS) is 15.0. The van der Waals surface area contributed by atoms with E-state index in [1.165, 1.54) is 0 Å². The summed E-state index contributed by atoms with van der Waals surface area (Å²) in [5.74, 6) is 1.80. The third kappa shape index (κ3) is 3.22. The predicted octanol–water partition coefficient (Wildman–Crippen LogP) is 2.44. The standard InChI is InChI=1S/C18H24N4O2/c1-14(2)22-8-4-5-16(22)18(23)21-11-9-20(10-12-21)17-13-15(24-3)6-7-19-17/h4-8,13-14H,9-12H2,1-3H3. The van der Waals surface area contributed by atoms with Gasteiger partial charge >= 0.3 is 0 Å². The molecule has 0 unspecified atom stereocenters. The fraction of sp³-hybridized carbons (Fsp3) is 0.444. The van der Waals surface area contributed by atoms with Crippen LogP contribution in [-0.2, 0) is 0 Å². The van der Waals surface area contributed by atoms with Gasteiger partial charge in [0.25, 0.3) is 5.91 Å². The van der Waals surface area contributed by atoms with Crippen LogP contribution in [0.3, 0.4) is 0 Å². The molecule has 1 aliphatic heterocycles. The van der Waals surface area contributed by atoms with Crippen LogP contribution >= 0.6 is 0 Å². The first-order valence-electron chi connectivity index (χ1n) is 8.31. The van der Waals surface area contributed by atoms with Gasteiger partial charge in [-0.3, -0.25) is 4.79 Å². The van der Waals surface area contributed by atoms with Gasteiger partial charge in [-0.15, -0.1) is 0 Å². The first kappa shape index (κ1) is 16.4. The highest BCUT2D eigenvalue weighted by atomic mass is 16.5. The zero-order valence-electron chi connectivity index (χ0n) is 14.5. The summed E-state index contributed by atoms with van der Waals surface area (Å²) in [7, 11) is 1.65. The van der Waals surface area contributed by atoms with Crippen LogP contribution in [0.25, 0.3) is 0 Å². The summed E-state index contributed by atoms with van der Waals surface area (Å²) >= 11 is 0. The molecule has 128 valence electrons. The van der Waals surface area contributed by atoms with Crippen molar-refractivity contribution in [3.8, 4) is 5.75 Å². The Balaban J connectivity index is 1.66. The van der Waals surface area contributed by atoms with Crippen molar-refractivity contribution < 1.29 is 9.53 Å². The number of amides is 1. The van der Waals surface area contributed by atoms with Gasteiger partial charge in [0.1, 0.15) is 17.3 Å². The fourth-order valence-electron chi connectivity index (χ4n) is 3.03. The Bertz CT molecular complexity index is 703. The molecule has 3 heterocycles. The Labute approximate surface area is 142 Å². The number of carbonyl (C=O) groups is 1. The van der Waals surface area contributed by atoms with Crippen LogP contribution in [0.4, 0.5) is 5.82 Å². The van der Waals surface area contributed by atoms with Crippen molar-refractivity contribution in [2.45, 2.75) is 19.9 Å². The lowest BCUT2D eigenvalue weighted by atomic mass is 10.2. The number of anilines is 1. The Hall–Kier alpha value is -2.50. The molecule has 1 aliphatic rings. The second-order valence-corrected chi connectivity index (χ2v) is 6.23. The predicted molar refractivity (Wildman–Crippen MR) is 93.7 cm³/mol. The number of hydrogen-bond donors (Lipinski definition) is 0. The molecule has 0 saturated carbocycles. The van der Waals surface area contributed by atoms with Gasteiger partial charge < -0.3 is 19.1 Å². The molecular weight excluding hydrogens is 304 g/mol. The van der Waals surface area contributed by atoms with Gasteiger partial charge in [0.2, 0.25) is 0 Å². The van der Waals surface area contributed by atoms with Crippen molar-refractivity contribution in [2.75, 3.05) is 38.2 Å². The molecule has 24 heavy (non-hydrogen) atoms. The summed E-state index contributed by atoms with van der Waals surface area (Å²) in [6, 6.07) is 7.88. The number of hydrogen-bond acceptors (Lipinski definition) is 4. The first-order valence-corrected chi connectivity index (χ1v) is 8.31. The van der Waals surface area contributed by atoms with Crippen LogP contribution in [0.1, 0.15) is 30.4 Å². The number of aromatic nitrogens is 2. The maximum Gasteiger partial charge on any atom is 0.270 e. The van der Waals surface area contributed by atoms with Crippen LogP contribution in [0.2, 0.25) is 0 Å². The number of piperazine rings is 1. The van der Waals surface area contributed by atoms with Crippen LogP contribution < -0.4 is 9.64 Å². The second kappa shape index (κ2) is 6.95. The van der Waals surface area contributed by atoms with Gasteiger partial charge in [0.15, 0.2) is 0 Å². The Morgan fingerprint density at radius 3 is 2.62 bits per heavy atom. The van der Waals surface area contributed by atoms with Crippen molar-refractivity contribution in [1.82, 2.24) is 14.5 Å². The van der Waals surface area contributed by atoms with Crippen molar-refractivity contribution in [3.05, 3.63) is 42.4 Å². The monoisotopic (exact) mass is 328 g/mol. The molecule has 0 bridgehead atoms. The molecular formula is C18H24N4O2. The lowest BCUT2D eigenvalue weighted by Crippen LogP contribution is -2.49. The van der Waals surface area contributed by atoms with E-state index in [1.807, 2.05) is 39.9 Å². The molecule has 1 saturated heterocycles. The number of pyridine rings is 1. The third-order valence-corrected chi connectivity index (χ3v) is 4.40. The summed E-state index contributed by atoms with van der Waals surface area (Å²) < 4.78 is 7.28. The quantitative estimate of drug-likeness (QED) is 0.865. The maximum atomic E-state index is 12.8. The maximum absolute atomic E-state index is 12.8. The summed E-state index contributed by atoms with van der Waals surface area (Å²) in [4.78, 5) is 21.3. The van der Waals surface area contributed by atoms with Crippen molar-refractivity contribution >= 4 is 11.7 Å². The van der Waals surface area contributed by atoms with E-state index in [0.717, 1.165) is 30.4 Å².